The first-order valence-electron chi connectivity index (χ1n) is 5.89. The zero-order chi connectivity index (χ0) is 14.3. The second-order valence-corrected chi connectivity index (χ2v) is 4.99. The predicted octanol–water partition coefficient (Wildman–Crippen LogP) is 2.94. The number of guanidine groups is 1. The van der Waals surface area contributed by atoms with E-state index in [2.05, 4.69) is 20.6 Å². The highest BCUT2D eigenvalue weighted by Gasteiger charge is 2.26. The van der Waals surface area contributed by atoms with Gasteiger partial charge in [0.1, 0.15) is 5.01 Å². The minimum Gasteiger partial charge on any atom is -0.356 e. The number of aromatic nitrogens is 1. The molecule has 1 aromatic heterocycles. The Kier molecular flexibility index (Phi) is 9.10. The molecule has 0 aliphatic rings. The van der Waals surface area contributed by atoms with Gasteiger partial charge in [0.05, 0.1) is 13.0 Å². The van der Waals surface area contributed by atoms with E-state index in [1.165, 1.54) is 11.9 Å². The first kappa shape index (κ1) is 19.4. The smallest absolute Gasteiger partial charge is 0.356 e. The highest BCUT2D eigenvalue weighted by molar-refractivity contribution is 14.0. The first-order chi connectivity index (χ1) is 8.94. The van der Waals surface area contributed by atoms with Gasteiger partial charge in [-0.05, 0) is 6.42 Å². The van der Waals surface area contributed by atoms with Crippen LogP contribution in [0.1, 0.15) is 23.2 Å². The Bertz CT molecular complexity index is 420. The minimum absolute atomic E-state index is 0. The van der Waals surface area contributed by atoms with Crippen LogP contribution in [0.5, 0.6) is 0 Å². The van der Waals surface area contributed by atoms with E-state index in [1.54, 1.807) is 11.3 Å². The van der Waals surface area contributed by atoms with Crippen LogP contribution in [0, 0.1) is 0 Å². The summed E-state index contributed by atoms with van der Waals surface area (Å²) in [6, 6.07) is 0. The average Bonchev–Trinajstić information content (AvgIpc) is 2.80. The Balaban J connectivity index is 0.00000361. The molecule has 0 aliphatic carbocycles. The lowest BCUT2D eigenvalue weighted by molar-refractivity contribution is -0.132. The molecule has 0 fully saturated rings. The minimum atomic E-state index is -4.16. The van der Waals surface area contributed by atoms with Gasteiger partial charge in [0.25, 0.3) is 0 Å². The normalized spacial score (nSPS) is 11.9. The number of hydrogen-bond donors (Lipinski definition) is 2. The number of rotatable bonds is 5. The summed E-state index contributed by atoms with van der Waals surface area (Å²) < 4.78 is 36.0. The number of aliphatic imine (C=N–C) groups is 1. The number of nitrogens with zero attached hydrogens (tertiary/aromatic N) is 2. The number of hydrogen-bond acceptors (Lipinski definition) is 3. The molecule has 2 N–H and O–H groups in total. The Morgan fingerprint density at radius 3 is 2.60 bits per heavy atom. The van der Waals surface area contributed by atoms with Crippen LogP contribution in [-0.2, 0) is 13.0 Å². The molecule has 0 aliphatic heterocycles. The fourth-order valence-corrected chi connectivity index (χ4v) is 2.10. The number of nitrogens with one attached hydrogen (secondary N) is 2. The fourth-order valence-electron chi connectivity index (χ4n) is 1.30. The lowest BCUT2D eigenvalue weighted by atomic mass is 10.4. The van der Waals surface area contributed by atoms with Crippen LogP contribution < -0.4 is 10.6 Å². The van der Waals surface area contributed by atoms with Crippen molar-refractivity contribution in [1.82, 2.24) is 15.6 Å². The van der Waals surface area contributed by atoms with Crippen molar-refractivity contribution in [3.63, 3.8) is 0 Å². The third-order valence-electron chi connectivity index (χ3n) is 2.28. The van der Waals surface area contributed by atoms with Gasteiger partial charge in [-0.3, -0.25) is 4.99 Å². The molecule has 0 bridgehead atoms. The average molecular weight is 422 g/mol. The molecular weight excluding hydrogens is 404 g/mol. The van der Waals surface area contributed by atoms with Gasteiger partial charge >= 0.3 is 6.18 Å². The molecule has 20 heavy (non-hydrogen) atoms. The Labute approximate surface area is 137 Å². The van der Waals surface area contributed by atoms with E-state index in [4.69, 9.17) is 0 Å². The highest BCUT2D eigenvalue weighted by Crippen LogP contribution is 2.18. The molecule has 1 heterocycles. The van der Waals surface area contributed by atoms with Crippen molar-refractivity contribution in [3.05, 3.63) is 16.1 Å². The number of alkyl halides is 3. The SMILES string of the molecule is CCc1cnc(CNC(=NC)NCCC(F)(F)F)s1.I. The maximum Gasteiger partial charge on any atom is 0.390 e. The van der Waals surface area contributed by atoms with E-state index in [-0.39, 0.29) is 30.5 Å². The fraction of sp³-hybridized carbons (Fsp3) is 0.636. The molecule has 9 heteroatoms. The van der Waals surface area contributed by atoms with Crippen LogP contribution in [0.15, 0.2) is 11.2 Å². The maximum atomic E-state index is 12.0. The van der Waals surface area contributed by atoms with Gasteiger partial charge in [0, 0.05) is 24.7 Å². The Hall–Kier alpha value is -0.580. The summed E-state index contributed by atoms with van der Waals surface area (Å²) in [6.07, 6.45) is -2.31. The zero-order valence-electron chi connectivity index (χ0n) is 11.3. The monoisotopic (exact) mass is 422 g/mol. The van der Waals surface area contributed by atoms with Gasteiger partial charge in [0.2, 0.25) is 0 Å². The molecule has 0 radical (unpaired) electrons. The van der Waals surface area contributed by atoms with Gasteiger partial charge in [-0.1, -0.05) is 6.92 Å². The topological polar surface area (TPSA) is 49.3 Å². The molecule has 116 valence electrons. The Morgan fingerprint density at radius 2 is 2.10 bits per heavy atom. The molecule has 0 amide bonds. The van der Waals surface area contributed by atoms with Crippen LogP contribution in [0.4, 0.5) is 13.2 Å². The van der Waals surface area contributed by atoms with E-state index < -0.39 is 12.6 Å². The second kappa shape index (κ2) is 9.37. The quantitative estimate of drug-likeness (QED) is 0.436. The summed E-state index contributed by atoms with van der Waals surface area (Å²) in [4.78, 5) is 9.24. The highest BCUT2D eigenvalue weighted by atomic mass is 127. The summed E-state index contributed by atoms with van der Waals surface area (Å²) in [7, 11) is 1.52. The van der Waals surface area contributed by atoms with Gasteiger partial charge in [0.15, 0.2) is 5.96 Å². The van der Waals surface area contributed by atoms with E-state index in [1.807, 2.05) is 13.1 Å². The lowest BCUT2D eigenvalue weighted by Crippen LogP contribution is -2.38. The van der Waals surface area contributed by atoms with Gasteiger partial charge < -0.3 is 10.6 Å². The van der Waals surface area contributed by atoms with Gasteiger partial charge in [-0.2, -0.15) is 13.2 Å². The maximum absolute atomic E-state index is 12.0. The molecule has 0 atom stereocenters. The molecule has 4 nitrogen and oxygen atoms in total. The summed E-state index contributed by atoms with van der Waals surface area (Å²) in [6.45, 7) is 2.31. The van der Waals surface area contributed by atoms with E-state index in [9.17, 15) is 13.2 Å². The van der Waals surface area contributed by atoms with Crippen molar-refractivity contribution in [2.45, 2.75) is 32.5 Å². The summed E-state index contributed by atoms with van der Waals surface area (Å²) in [5, 5.41) is 6.43. The van der Waals surface area contributed by atoms with Crippen molar-refractivity contribution in [3.8, 4) is 0 Å². The molecule has 1 aromatic rings. The summed E-state index contributed by atoms with van der Waals surface area (Å²) >= 11 is 1.58. The van der Waals surface area contributed by atoms with E-state index in [0.717, 1.165) is 11.4 Å². The zero-order valence-corrected chi connectivity index (χ0v) is 14.4. The second-order valence-electron chi connectivity index (χ2n) is 3.79. The van der Waals surface area contributed by atoms with Crippen LogP contribution in [0.2, 0.25) is 0 Å². The van der Waals surface area contributed by atoms with Crippen molar-refractivity contribution in [2.24, 2.45) is 4.99 Å². The van der Waals surface area contributed by atoms with Crippen LogP contribution >= 0.6 is 35.3 Å². The molecule has 0 saturated heterocycles. The predicted molar refractivity (Wildman–Crippen MR) is 85.8 cm³/mol. The number of aryl methyl sites for hydroxylation is 1. The summed E-state index contributed by atoms with van der Waals surface area (Å²) in [5.74, 6) is 0.345. The van der Waals surface area contributed by atoms with Crippen molar-refractivity contribution in [2.75, 3.05) is 13.6 Å². The molecular formula is C11H18F3IN4S. The van der Waals surface area contributed by atoms with E-state index >= 15 is 0 Å². The van der Waals surface area contributed by atoms with Crippen molar-refractivity contribution < 1.29 is 13.2 Å². The van der Waals surface area contributed by atoms with Crippen LogP contribution in [0.25, 0.3) is 0 Å². The summed E-state index contributed by atoms with van der Waals surface area (Å²) in [5.41, 5.74) is 0. The lowest BCUT2D eigenvalue weighted by Gasteiger charge is -2.11. The van der Waals surface area contributed by atoms with E-state index in [0.29, 0.717) is 12.5 Å². The third-order valence-corrected chi connectivity index (χ3v) is 3.42. The number of halogens is 4. The molecule has 0 spiro atoms. The van der Waals surface area contributed by atoms with Crippen molar-refractivity contribution in [1.29, 1.82) is 0 Å². The molecule has 0 aromatic carbocycles. The standard InChI is InChI=1S/C11H17F3N4S.HI/c1-3-8-6-17-9(19-8)7-18-10(15-2)16-5-4-11(12,13)14;/h6H,3-5,7H2,1-2H3,(H2,15,16,18);1H. The molecule has 0 saturated carbocycles. The van der Waals surface area contributed by atoms with Crippen molar-refractivity contribution >= 4 is 41.3 Å². The number of thiazole rings is 1. The van der Waals surface area contributed by atoms with Crippen LogP contribution in [0.3, 0.4) is 0 Å². The molecule has 1 rings (SSSR count). The van der Waals surface area contributed by atoms with Crippen LogP contribution in [-0.4, -0.2) is 30.7 Å². The molecule has 0 unspecified atom stereocenters. The van der Waals surface area contributed by atoms with Gasteiger partial charge in [-0.15, -0.1) is 35.3 Å². The van der Waals surface area contributed by atoms with Gasteiger partial charge in [-0.25, -0.2) is 4.98 Å². The largest absolute Gasteiger partial charge is 0.390 e. The first-order valence-corrected chi connectivity index (χ1v) is 6.71. The third kappa shape index (κ3) is 7.88. The Morgan fingerprint density at radius 1 is 1.40 bits per heavy atom.